The zero-order valence-electron chi connectivity index (χ0n) is 9.69. The minimum atomic E-state index is 0.258. The van der Waals surface area contributed by atoms with Gasteiger partial charge in [0.15, 0.2) is 11.5 Å². The second-order valence-electron chi connectivity index (χ2n) is 4.53. The van der Waals surface area contributed by atoms with E-state index in [4.69, 9.17) is 14.9 Å². The topological polar surface area (TPSA) is 61.3 Å². The Kier molecular flexibility index (Phi) is 2.73. The second kappa shape index (κ2) is 4.37. The highest BCUT2D eigenvalue weighted by Crippen LogP contribution is 2.22. The highest BCUT2D eigenvalue weighted by Gasteiger charge is 2.17. The molecule has 1 fully saturated rings. The molecule has 0 spiro atoms. The maximum atomic E-state index is 5.71. The van der Waals surface area contributed by atoms with Crippen molar-refractivity contribution in [3.8, 4) is 0 Å². The van der Waals surface area contributed by atoms with Crippen molar-refractivity contribution in [3.05, 3.63) is 24.1 Å². The molecule has 17 heavy (non-hydrogen) atoms. The van der Waals surface area contributed by atoms with E-state index in [9.17, 15) is 0 Å². The molecule has 0 saturated carbocycles. The largest absolute Gasteiger partial charge is 0.441 e. The summed E-state index contributed by atoms with van der Waals surface area (Å²) in [6.45, 7) is 0.859. The number of hydrogen-bond acceptors (Lipinski definition) is 4. The van der Waals surface area contributed by atoms with Gasteiger partial charge in [-0.05, 0) is 37.5 Å². The average Bonchev–Trinajstić information content (AvgIpc) is 2.71. The van der Waals surface area contributed by atoms with Gasteiger partial charge in [-0.25, -0.2) is 4.98 Å². The first-order valence-electron chi connectivity index (χ1n) is 6.08. The Hall–Kier alpha value is -1.55. The molecule has 1 saturated heterocycles. The summed E-state index contributed by atoms with van der Waals surface area (Å²) in [5.41, 5.74) is 8.05. The molecule has 1 aromatic carbocycles. The van der Waals surface area contributed by atoms with E-state index >= 15 is 0 Å². The van der Waals surface area contributed by atoms with E-state index in [0.29, 0.717) is 5.69 Å². The monoisotopic (exact) mass is 232 g/mol. The molecule has 2 aromatic rings. The van der Waals surface area contributed by atoms with E-state index in [2.05, 4.69) is 4.98 Å². The first-order chi connectivity index (χ1) is 8.31. The van der Waals surface area contributed by atoms with Crippen LogP contribution in [0.1, 0.15) is 25.2 Å². The van der Waals surface area contributed by atoms with Gasteiger partial charge in [-0.15, -0.1) is 0 Å². The number of hydrogen-bond donors (Lipinski definition) is 1. The highest BCUT2D eigenvalue weighted by molar-refractivity contribution is 5.76. The zero-order valence-corrected chi connectivity index (χ0v) is 9.69. The van der Waals surface area contributed by atoms with Crippen LogP contribution in [0, 0.1) is 0 Å². The van der Waals surface area contributed by atoms with Gasteiger partial charge in [-0.1, -0.05) is 0 Å². The van der Waals surface area contributed by atoms with Gasteiger partial charge in [-0.2, -0.15) is 0 Å². The van der Waals surface area contributed by atoms with Gasteiger partial charge in [0.1, 0.15) is 5.52 Å². The number of benzene rings is 1. The molecule has 0 radical (unpaired) electrons. The van der Waals surface area contributed by atoms with Crippen LogP contribution in [0.3, 0.4) is 0 Å². The number of fused-ring (bicyclic) bond motifs is 1. The fourth-order valence-corrected chi connectivity index (χ4v) is 2.24. The third-order valence-corrected chi connectivity index (χ3v) is 3.13. The lowest BCUT2D eigenvalue weighted by Gasteiger charge is -2.20. The Morgan fingerprint density at radius 1 is 1.35 bits per heavy atom. The highest BCUT2D eigenvalue weighted by atomic mass is 16.5. The van der Waals surface area contributed by atoms with Crippen molar-refractivity contribution < 1.29 is 9.15 Å². The minimum absolute atomic E-state index is 0.258. The van der Waals surface area contributed by atoms with Gasteiger partial charge in [0.2, 0.25) is 0 Å². The van der Waals surface area contributed by atoms with Crippen LogP contribution in [0.4, 0.5) is 5.69 Å². The minimum Gasteiger partial charge on any atom is -0.441 e. The van der Waals surface area contributed by atoms with E-state index in [-0.39, 0.29) is 6.10 Å². The van der Waals surface area contributed by atoms with Crippen molar-refractivity contribution in [1.82, 2.24) is 4.98 Å². The molecule has 1 aliphatic rings. The SMILES string of the molecule is Nc1ccc2oc(CC3CCCCO3)nc2c1. The molecular weight excluding hydrogens is 216 g/mol. The van der Waals surface area contributed by atoms with E-state index in [1.807, 2.05) is 18.2 Å². The molecule has 90 valence electrons. The lowest BCUT2D eigenvalue weighted by molar-refractivity contribution is 0.0134. The number of ether oxygens (including phenoxy) is 1. The second-order valence-corrected chi connectivity index (χ2v) is 4.53. The fourth-order valence-electron chi connectivity index (χ4n) is 2.24. The number of nitrogens with zero attached hydrogens (tertiary/aromatic N) is 1. The zero-order chi connectivity index (χ0) is 11.7. The van der Waals surface area contributed by atoms with Gasteiger partial charge in [-0.3, -0.25) is 0 Å². The standard InChI is InChI=1S/C13H16N2O2/c14-9-4-5-12-11(7-9)15-13(17-12)8-10-3-1-2-6-16-10/h4-5,7,10H,1-3,6,8,14H2. The maximum Gasteiger partial charge on any atom is 0.198 e. The molecule has 0 amide bonds. The number of nitrogens with two attached hydrogens (primary N) is 1. The molecule has 1 aromatic heterocycles. The molecule has 4 heteroatoms. The molecule has 1 aliphatic heterocycles. The summed E-state index contributed by atoms with van der Waals surface area (Å²) in [5, 5.41) is 0. The molecule has 2 heterocycles. The van der Waals surface area contributed by atoms with Crippen molar-refractivity contribution in [3.63, 3.8) is 0 Å². The van der Waals surface area contributed by atoms with Crippen molar-refractivity contribution in [2.24, 2.45) is 0 Å². The summed E-state index contributed by atoms with van der Waals surface area (Å²) < 4.78 is 11.4. The van der Waals surface area contributed by atoms with Crippen LogP contribution < -0.4 is 5.73 Å². The third kappa shape index (κ3) is 2.26. The molecule has 0 aliphatic carbocycles. The van der Waals surface area contributed by atoms with E-state index < -0.39 is 0 Å². The van der Waals surface area contributed by atoms with E-state index in [0.717, 1.165) is 36.4 Å². The quantitative estimate of drug-likeness (QED) is 0.808. The van der Waals surface area contributed by atoms with Gasteiger partial charge < -0.3 is 14.9 Å². The number of anilines is 1. The first kappa shape index (κ1) is 10.6. The molecule has 2 N–H and O–H groups in total. The van der Waals surface area contributed by atoms with E-state index in [1.54, 1.807) is 0 Å². The number of rotatable bonds is 2. The van der Waals surface area contributed by atoms with Crippen LogP contribution in [-0.4, -0.2) is 17.7 Å². The van der Waals surface area contributed by atoms with Crippen LogP contribution in [0.15, 0.2) is 22.6 Å². The maximum absolute atomic E-state index is 5.71. The molecule has 0 bridgehead atoms. The molecule has 4 nitrogen and oxygen atoms in total. The summed E-state index contributed by atoms with van der Waals surface area (Å²) in [7, 11) is 0. The smallest absolute Gasteiger partial charge is 0.198 e. The van der Waals surface area contributed by atoms with Crippen LogP contribution in [-0.2, 0) is 11.2 Å². The number of aromatic nitrogens is 1. The predicted molar refractivity (Wildman–Crippen MR) is 65.7 cm³/mol. The number of oxazole rings is 1. The average molecular weight is 232 g/mol. The Morgan fingerprint density at radius 3 is 3.12 bits per heavy atom. The van der Waals surface area contributed by atoms with Crippen LogP contribution in [0.5, 0.6) is 0 Å². The van der Waals surface area contributed by atoms with Gasteiger partial charge >= 0.3 is 0 Å². The fraction of sp³-hybridized carbons (Fsp3) is 0.462. The van der Waals surface area contributed by atoms with Gasteiger partial charge in [0.05, 0.1) is 12.5 Å². The molecule has 1 atom stereocenters. The van der Waals surface area contributed by atoms with Crippen molar-refractivity contribution in [2.45, 2.75) is 31.8 Å². The summed E-state index contributed by atoms with van der Waals surface area (Å²) in [5.74, 6) is 0.748. The lowest BCUT2D eigenvalue weighted by atomic mass is 10.1. The molecule has 3 rings (SSSR count). The Bertz CT molecular complexity index is 515. The Labute approximate surface area is 99.8 Å². The van der Waals surface area contributed by atoms with Gasteiger partial charge in [0.25, 0.3) is 0 Å². The Morgan fingerprint density at radius 2 is 2.29 bits per heavy atom. The van der Waals surface area contributed by atoms with Crippen molar-refractivity contribution in [1.29, 1.82) is 0 Å². The molecular formula is C13H16N2O2. The first-order valence-corrected chi connectivity index (χ1v) is 6.08. The number of nitrogen functional groups attached to an aromatic ring is 1. The Balaban J connectivity index is 1.80. The summed E-state index contributed by atoms with van der Waals surface area (Å²) in [6.07, 6.45) is 4.52. The summed E-state index contributed by atoms with van der Waals surface area (Å²) in [6, 6.07) is 5.53. The summed E-state index contributed by atoms with van der Waals surface area (Å²) >= 11 is 0. The van der Waals surface area contributed by atoms with Gasteiger partial charge in [0, 0.05) is 12.3 Å². The van der Waals surface area contributed by atoms with E-state index in [1.165, 1.54) is 12.8 Å². The van der Waals surface area contributed by atoms with Crippen LogP contribution >= 0.6 is 0 Å². The van der Waals surface area contributed by atoms with Crippen LogP contribution in [0.2, 0.25) is 0 Å². The summed E-state index contributed by atoms with van der Waals surface area (Å²) in [4.78, 5) is 4.44. The lowest BCUT2D eigenvalue weighted by Crippen LogP contribution is -2.21. The van der Waals surface area contributed by atoms with Crippen LogP contribution in [0.25, 0.3) is 11.1 Å². The van der Waals surface area contributed by atoms with Crippen molar-refractivity contribution >= 4 is 16.8 Å². The molecule has 1 unspecified atom stereocenters. The normalized spacial score (nSPS) is 20.8. The predicted octanol–water partition coefficient (Wildman–Crippen LogP) is 2.52. The third-order valence-electron chi connectivity index (χ3n) is 3.13. The van der Waals surface area contributed by atoms with Crippen molar-refractivity contribution in [2.75, 3.05) is 12.3 Å².